The number of aliphatic imine (C=N–C) groups is 1. The molecule has 3 aliphatic rings. The quantitative estimate of drug-likeness (QED) is 0.419. The van der Waals surface area contributed by atoms with E-state index in [4.69, 9.17) is 14.5 Å². The second-order valence-corrected chi connectivity index (χ2v) is 8.93. The fraction of sp³-hybridized carbons (Fsp3) is 0.385. The zero-order chi connectivity index (χ0) is 25.1. The van der Waals surface area contributed by atoms with Crippen LogP contribution in [0.2, 0.25) is 0 Å². The first kappa shape index (κ1) is 26.6. The number of morpholine rings is 1. The van der Waals surface area contributed by atoms with E-state index in [2.05, 4.69) is 20.5 Å². The monoisotopic (exact) mass is 526 g/mol. The Hall–Kier alpha value is -3.47. The second-order valence-electron chi connectivity index (χ2n) is 8.93. The minimum absolute atomic E-state index is 0. The lowest BCUT2D eigenvalue weighted by Crippen LogP contribution is -2.39. The van der Waals surface area contributed by atoms with Crippen LogP contribution in [-0.4, -0.2) is 84.9 Å². The van der Waals surface area contributed by atoms with Crippen molar-refractivity contribution in [2.24, 2.45) is 4.99 Å². The van der Waals surface area contributed by atoms with Crippen molar-refractivity contribution in [3.63, 3.8) is 0 Å². The van der Waals surface area contributed by atoms with Gasteiger partial charge in [0.25, 0.3) is 0 Å². The van der Waals surface area contributed by atoms with E-state index in [9.17, 15) is 9.59 Å². The van der Waals surface area contributed by atoms with E-state index in [1.165, 1.54) is 13.1 Å². The number of benzene rings is 1. The molecule has 1 aromatic heterocycles. The highest BCUT2D eigenvalue weighted by Gasteiger charge is 2.32. The van der Waals surface area contributed by atoms with Crippen LogP contribution in [0, 0.1) is 6.92 Å². The van der Waals surface area contributed by atoms with Crippen molar-refractivity contribution in [3.05, 3.63) is 59.0 Å². The molecule has 0 saturated carbocycles. The Kier molecular flexibility index (Phi) is 8.42. The SMILES string of the molecule is CC(=O)Nc1ccc(C(=O)C=C2Nc3c(ccc(C)c3OCCN3CCOCC3)C3=NCCN23)cn1.Cl. The van der Waals surface area contributed by atoms with Gasteiger partial charge in [-0.2, -0.15) is 0 Å². The van der Waals surface area contributed by atoms with Gasteiger partial charge >= 0.3 is 0 Å². The predicted octanol–water partition coefficient (Wildman–Crippen LogP) is 2.69. The van der Waals surface area contributed by atoms with Crippen LogP contribution in [0.5, 0.6) is 5.75 Å². The minimum atomic E-state index is -0.215. The number of rotatable bonds is 7. The van der Waals surface area contributed by atoms with E-state index in [-0.39, 0.29) is 24.1 Å². The molecule has 0 bridgehead atoms. The first-order valence-electron chi connectivity index (χ1n) is 12.1. The molecule has 2 aromatic rings. The molecule has 10 nitrogen and oxygen atoms in total. The molecule has 37 heavy (non-hydrogen) atoms. The number of anilines is 2. The van der Waals surface area contributed by atoms with Gasteiger partial charge in [0.05, 0.1) is 25.4 Å². The number of hydrogen-bond acceptors (Lipinski definition) is 9. The van der Waals surface area contributed by atoms with Crippen molar-refractivity contribution in [1.29, 1.82) is 0 Å². The van der Waals surface area contributed by atoms with Crippen LogP contribution in [0.25, 0.3) is 0 Å². The lowest BCUT2D eigenvalue weighted by atomic mass is 10.0. The number of amides is 1. The number of aryl methyl sites for hydroxylation is 1. The molecule has 0 spiro atoms. The normalized spacial score (nSPS) is 17.7. The number of hydrogen-bond donors (Lipinski definition) is 2. The summed E-state index contributed by atoms with van der Waals surface area (Å²) < 4.78 is 11.7. The average Bonchev–Trinajstić information content (AvgIpc) is 3.37. The number of ketones is 1. The molecule has 2 N–H and O–H groups in total. The van der Waals surface area contributed by atoms with Crippen molar-refractivity contribution in [2.75, 3.05) is 63.2 Å². The van der Waals surface area contributed by atoms with Gasteiger partial charge in [-0.1, -0.05) is 6.07 Å². The third kappa shape index (κ3) is 5.93. The summed E-state index contributed by atoms with van der Waals surface area (Å²) in [5.74, 6) is 2.25. The fourth-order valence-electron chi connectivity index (χ4n) is 4.51. The molecular weight excluding hydrogens is 496 g/mol. The summed E-state index contributed by atoms with van der Waals surface area (Å²) in [5.41, 5.74) is 3.23. The van der Waals surface area contributed by atoms with Gasteiger partial charge in [-0.15, -0.1) is 12.4 Å². The van der Waals surface area contributed by atoms with E-state index < -0.39 is 0 Å². The molecule has 0 unspecified atom stereocenters. The standard InChI is InChI=1S/C26H30N6O4.ClH/c1-17-3-5-20-24(25(17)36-14-11-31-9-12-35-13-10-31)30-23(32-8-7-27-26(20)32)15-21(34)19-4-6-22(28-16-19)29-18(2)33;/h3-6,15-16,30H,7-14H2,1-2H3,(H,28,29,33);1H. The number of halogens is 1. The van der Waals surface area contributed by atoms with Crippen LogP contribution in [0.4, 0.5) is 11.5 Å². The summed E-state index contributed by atoms with van der Waals surface area (Å²) in [6, 6.07) is 7.36. The Balaban J connectivity index is 0.00000320. The lowest BCUT2D eigenvalue weighted by molar-refractivity contribution is -0.114. The number of nitrogens with zero attached hydrogens (tertiary/aromatic N) is 4. The summed E-state index contributed by atoms with van der Waals surface area (Å²) in [4.78, 5) is 37.5. The van der Waals surface area contributed by atoms with Crippen LogP contribution < -0.4 is 15.4 Å². The maximum Gasteiger partial charge on any atom is 0.222 e. The first-order chi connectivity index (χ1) is 17.5. The van der Waals surface area contributed by atoms with Gasteiger partial charge in [-0.05, 0) is 30.7 Å². The number of amidine groups is 1. The third-order valence-electron chi connectivity index (χ3n) is 6.36. The third-order valence-corrected chi connectivity index (χ3v) is 6.36. The summed E-state index contributed by atoms with van der Waals surface area (Å²) >= 11 is 0. The summed E-state index contributed by atoms with van der Waals surface area (Å²) in [5, 5.41) is 6.06. The molecule has 5 rings (SSSR count). The highest BCUT2D eigenvalue weighted by molar-refractivity contribution is 6.11. The van der Waals surface area contributed by atoms with E-state index in [1.54, 1.807) is 18.2 Å². The lowest BCUT2D eigenvalue weighted by Gasteiger charge is -2.33. The van der Waals surface area contributed by atoms with Crippen LogP contribution in [0.1, 0.15) is 28.4 Å². The zero-order valence-electron chi connectivity index (χ0n) is 21.0. The van der Waals surface area contributed by atoms with E-state index in [1.807, 2.05) is 24.0 Å². The molecule has 3 aliphatic heterocycles. The van der Waals surface area contributed by atoms with Gasteiger partial charge in [-0.3, -0.25) is 19.5 Å². The van der Waals surface area contributed by atoms with Crippen LogP contribution in [0.15, 0.2) is 47.4 Å². The van der Waals surface area contributed by atoms with Crippen molar-refractivity contribution in [2.45, 2.75) is 13.8 Å². The molecule has 1 amide bonds. The number of nitrogens with one attached hydrogen (secondary N) is 2. The highest BCUT2D eigenvalue weighted by atomic mass is 35.5. The number of pyridine rings is 1. The topological polar surface area (TPSA) is 108 Å². The second kappa shape index (κ2) is 11.7. The van der Waals surface area contributed by atoms with Crippen molar-refractivity contribution < 1.29 is 19.1 Å². The molecule has 1 fully saturated rings. The minimum Gasteiger partial charge on any atom is -0.490 e. The molecular formula is C26H31ClN6O4. The largest absolute Gasteiger partial charge is 0.490 e. The number of aromatic nitrogens is 1. The van der Waals surface area contributed by atoms with Gasteiger partial charge in [0, 0.05) is 56.5 Å². The van der Waals surface area contributed by atoms with Gasteiger partial charge in [0.15, 0.2) is 5.78 Å². The summed E-state index contributed by atoms with van der Waals surface area (Å²) in [6.45, 7) is 9.47. The van der Waals surface area contributed by atoms with Gasteiger partial charge < -0.3 is 25.0 Å². The number of carbonyl (C=O) groups excluding carboxylic acids is 2. The van der Waals surface area contributed by atoms with Crippen LogP contribution >= 0.6 is 12.4 Å². The van der Waals surface area contributed by atoms with Crippen molar-refractivity contribution in [1.82, 2.24) is 14.8 Å². The van der Waals surface area contributed by atoms with E-state index >= 15 is 0 Å². The highest BCUT2D eigenvalue weighted by Crippen LogP contribution is 2.39. The molecule has 11 heteroatoms. The smallest absolute Gasteiger partial charge is 0.222 e. The Bertz CT molecular complexity index is 1220. The molecule has 196 valence electrons. The summed E-state index contributed by atoms with van der Waals surface area (Å²) in [6.07, 6.45) is 3.03. The fourth-order valence-corrected chi connectivity index (χ4v) is 4.51. The molecule has 1 saturated heterocycles. The Morgan fingerprint density at radius 1 is 1.19 bits per heavy atom. The number of ether oxygens (including phenoxy) is 2. The average molecular weight is 527 g/mol. The molecule has 0 atom stereocenters. The van der Waals surface area contributed by atoms with E-state index in [0.29, 0.717) is 36.9 Å². The van der Waals surface area contributed by atoms with Crippen molar-refractivity contribution >= 4 is 41.4 Å². The van der Waals surface area contributed by atoms with Crippen LogP contribution in [0.3, 0.4) is 0 Å². The Labute approximate surface area is 222 Å². The van der Waals surface area contributed by atoms with Gasteiger partial charge in [0.2, 0.25) is 5.91 Å². The molecule has 4 heterocycles. The number of fused-ring (bicyclic) bond motifs is 3. The zero-order valence-corrected chi connectivity index (χ0v) is 21.8. The molecule has 0 radical (unpaired) electrons. The van der Waals surface area contributed by atoms with Gasteiger partial charge in [-0.25, -0.2) is 4.98 Å². The first-order valence-corrected chi connectivity index (χ1v) is 12.1. The number of allylic oxidation sites excluding steroid dienone is 1. The van der Waals surface area contributed by atoms with Gasteiger partial charge in [0.1, 0.15) is 29.8 Å². The molecule has 0 aliphatic carbocycles. The maximum absolute atomic E-state index is 13.1. The Morgan fingerprint density at radius 2 is 2.00 bits per heavy atom. The van der Waals surface area contributed by atoms with Crippen molar-refractivity contribution in [3.8, 4) is 5.75 Å². The predicted molar refractivity (Wildman–Crippen MR) is 144 cm³/mol. The maximum atomic E-state index is 13.1. The Morgan fingerprint density at radius 3 is 2.73 bits per heavy atom. The summed E-state index contributed by atoms with van der Waals surface area (Å²) in [7, 11) is 0. The molecule has 1 aromatic carbocycles. The van der Waals surface area contributed by atoms with E-state index in [0.717, 1.165) is 61.2 Å². The van der Waals surface area contributed by atoms with Crippen LogP contribution in [-0.2, 0) is 9.53 Å². The number of carbonyl (C=O) groups is 2.